The number of sulfonamides is 1. The second-order valence-electron chi connectivity index (χ2n) is 9.17. The van der Waals surface area contributed by atoms with E-state index >= 15 is 0 Å². The molecule has 0 bridgehead atoms. The van der Waals surface area contributed by atoms with E-state index in [1.807, 2.05) is 19.9 Å². The molecule has 11 nitrogen and oxygen atoms in total. The van der Waals surface area contributed by atoms with E-state index in [1.54, 1.807) is 30.2 Å². The Hall–Kier alpha value is -3.77. The largest absolute Gasteiger partial charge is 0.506 e. The lowest BCUT2D eigenvalue weighted by Crippen LogP contribution is -2.41. The Balaban J connectivity index is 1.82. The summed E-state index contributed by atoms with van der Waals surface area (Å²) in [6.45, 7) is 6.43. The minimum atomic E-state index is -3.68. The van der Waals surface area contributed by atoms with E-state index in [4.69, 9.17) is 0 Å². The van der Waals surface area contributed by atoms with Crippen molar-refractivity contribution in [3.63, 3.8) is 0 Å². The molecule has 3 aromatic rings. The minimum Gasteiger partial charge on any atom is -0.506 e. The van der Waals surface area contributed by atoms with Gasteiger partial charge in [-0.2, -0.15) is 0 Å². The number of phenols is 1. The molecule has 1 heterocycles. The lowest BCUT2D eigenvalue weighted by Gasteiger charge is -2.29. The smallest absolute Gasteiger partial charge is 0.407 e. The number of amides is 2. The van der Waals surface area contributed by atoms with E-state index in [9.17, 15) is 33.3 Å². The molecule has 206 valence electrons. The molecule has 0 spiro atoms. The number of nitrogens with one attached hydrogen (secondary N) is 2. The van der Waals surface area contributed by atoms with Gasteiger partial charge in [0, 0.05) is 30.7 Å². The Labute approximate surface area is 221 Å². The van der Waals surface area contributed by atoms with Crippen LogP contribution in [0.1, 0.15) is 48.4 Å². The maximum Gasteiger partial charge on any atom is 0.407 e. The number of rotatable bonds is 11. The van der Waals surface area contributed by atoms with Gasteiger partial charge < -0.3 is 30.1 Å². The number of aromatic amines is 1. The number of benzene rings is 2. The molecule has 12 heteroatoms. The lowest BCUT2D eigenvalue weighted by atomic mass is 10.0. The van der Waals surface area contributed by atoms with Crippen molar-refractivity contribution in [3.05, 3.63) is 59.3 Å². The van der Waals surface area contributed by atoms with Crippen molar-refractivity contribution in [3.8, 4) is 5.75 Å². The van der Waals surface area contributed by atoms with Crippen LogP contribution in [0.3, 0.4) is 0 Å². The molecule has 5 N–H and O–H groups in total. The topological polar surface area (TPSA) is 163 Å². The Kier molecular flexibility index (Phi) is 8.89. The Morgan fingerprint density at radius 2 is 1.82 bits per heavy atom. The molecule has 0 fully saturated rings. The number of hydrogen-bond donors (Lipinski definition) is 5. The van der Waals surface area contributed by atoms with Crippen molar-refractivity contribution in [1.82, 2.24) is 14.8 Å². The number of carbonyl (C=O) groups excluding carboxylic acids is 1. The first kappa shape index (κ1) is 28.8. The number of aromatic hydroxyl groups is 1. The molecular formula is C26H34N4O7S. The number of nitrogens with zero attached hydrogens (tertiary/aromatic N) is 2. The minimum absolute atomic E-state index is 0.0871. The number of H-pyrrole nitrogens is 1. The fourth-order valence-corrected chi connectivity index (χ4v) is 5.01. The molecular weight excluding hydrogens is 512 g/mol. The third-order valence-electron chi connectivity index (χ3n) is 6.45. The van der Waals surface area contributed by atoms with Crippen LogP contribution in [0.5, 0.6) is 5.75 Å². The first-order chi connectivity index (χ1) is 17.9. The van der Waals surface area contributed by atoms with Crippen molar-refractivity contribution >= 4 is 38.6 Å². The first-order valence-corrected chi connectivity index (χ1v) is 14.1. The summed E-state index contributed by atoms with van der Waals surface area (Å²) < 4.78 is 25.3. The standard InChI is InChI=1S/C26H34N4O7S/c1-5-29(6-2)25(33)20-9-7-8-19-18(14-27-24(19)20)12-16(3)30(26(34)35)15-23(32)17-10-11-22(31)21(13-17)28-38(4,36)37/h7-11,13-14,16,23,27-28,31-32H,5-6,12,15H2,1-4H3,(H,34,35)/t16-,23+/m1/s1. The number of aromatic nitrogens is 1. The van der Waals surface area contributed by atoms with Gasteiger partial charge in [0.05, 0.1) is 35.7 Å². The number of phenolic OH excluding ortho intramolecular Hbond substituents is 1. The fraction of sp³-hybridized carbons (Fsp3) is 0.385. The summed E-state index contributed by atoms with van der Waals surface area (Å²) in [6, 6.07) is 8.77. The molecule has 0 aliphatic carbocycles. The number of carbonyl (C=O) groups is 2. The molecule has 38 heavy (non-hydrogen) atoms. The molecule has 3 rings (SSSR count). The average Bonchev–Trinajstić information content (AvgIpc) is 3.26. The van der Waals surface area contributed by atoms with Crippen LogP contribution < -0.4 is 4.72 Å². The van der Waals surface area contributed by atoms with Crippen molar-refractivity contribution in [2.45, 2.75) is 39.3 Å². The van der Waals surface area contributed by atoms with Crippen LogP contribution in [0.4, 0.5) is 10.5 Å². The van der Waals surface area contributed by atoms with Crippen molar-refractivity contribution in [1.29, 1.82) is 0 Å². The van der Waals surface area contributed by atoms with Crippen LogP contribution >= 0.6 is 0 Å². The quantitative estimate of drug-likeness (QED) is 0.230. The Bertz CT molecular complexity index is 1420. The van der Waals surface area contributed by atoms with Crippen LogP contribution in [0.15, 0.2) is 42.6 Å². The van der Waals surface area contributed by atoms with Gasteiger partial charge in [0.2, 0.25) is 10.0 Å². The molecule has 0 unspecified atom stereocenters. The van der Waals surface area contributed by atoms with E-state index < -0.39 is 28.3 Å². The SMILES string of the molecule is CCN(CC)C(=O)c1cccc2c(C[C@@H](C)N(C[C@H](O)c3ccc(O)c(NS(C)(=O)=O)c3)C(=O)O)c[nH]c12. The average molecular weight is 547 g/mol. The fourth-order valence-electron chi connectivity index (χ4n) is 4.45. The molecule has 0 aliphatic rings. The molecule has 0 saturated heterocycles. The number of carboxylic acid groups (broad SMARTS) is 1. The monoisotopic (exact) mass is 546 g/mol. The van der Waals surface area contributed by atoms with E-state index in [-0.39, 0.29) is 29.5 Å². The van der Waals surface area contributed by atoms with Gasteiger partial charge in [0.25, 0.3) is 5.91 Å². The maximum absolute atomic E-state index is 13.0. The van der Waals surface area contributed by atoms with Gasteiger partial charge in [-0.15, -0.1) is 0 Å². The van der Waals surface area contributed by atoms with Gasteiger partial charge in [-0.25, -0.2) is 13.2 Å². The number of aliphatic hydroxyl groups is 1. The highest BCUT2D eigenvalue weighted by Crippen LogP contribution is 2.29. The van der Waals surface area contributed by atoms with Gasteiger partial charge in [-0.1, -0.05) is 18.2 Å². The van der Waals surface area contributed by atoms with Crippen LogP contribution in [0.2, 0.25) is 0 Å². The summed E-state index contributed by atoms with van der Waals surface area (Å²) in [4.78, 5) is 31.1. The van der Waals surface area contributed by atoms with Crippen LogP contribution in [-0.4, -0.2) is 82.5 Å². The molecule has 2 aromatic carbocycles. The number of para-hydroxylation sites is 1. The third-order valence-corrected chi connectivity index (χ3v) is 7.04. The van der Waals surface area contributed by atoms with Crippen LogP contribution in [0, 0.1) is 0 Å². The Morgan fingerprint density at radius 1 is 1.13 bits per heavy atom. The summed E-state index contributed by atoms with van der Waals surface area (Å²) in [7, 11) is -3.68. The van der Waals surface area contributed by atoms with Crippen molar-refractivity contribution < 1.29 is 33.3 Å². The summed E-state index contributed by atoms with van der Waals surface area (Å²) in [5.74, 6) is -0.413. The van der Waals surface area contributed by atoms with Crippen molar-refractivity contribution in [2.24, 2.45) is 0 Å². The zero-order valence-electron chi connectivity index (χ0n) is 21.8. The normalized spacial score (nSPS) is 13.2. The summed E-state index contributed by atoms with van der Waals surface area (Å²) in [5, 5.41) is 31.4. The van der Waals surface area contributed by atoms with Gasteiger partial charge in [-0.3, -0.25) is 9.52 Å². The number of fused-ring (bicyclic) bond motifs is 1. The Morgan fingerprint density at radius 3 is 2.42 bits per heavy atom. The number of anilines is 1. The van der Waals surface area contributed by atoms with Crippen LogP contribution in [0.25, 0.3) is 10.9 Å². The summed E-state index contributed by atoms with van der Waals surface area (Å²) in [5.41, 5.74) is 2.17. The molecule has 2 amide bonds. The van der Waals surface area contributed by atoms with E-state index in [1.165, 1.54) is 18.2 Å². The second-order valence-corrected chi connectivity index (χ2v) is 10.9. The molecule has 0 saturated carbocycles. The van der Waals surface area contributed by atoms with E-state index in [0.29, 0.717) is 30.6 Å². The van der Waals surface area contributed by atoms with Gasteiger partial charge in [0.15, 0.2) is 0 Å². The molecule has 1 aromatic heterocycles. The highest BCUT2D eigenvalue weighted by Gasteiger charge is 2.26. The number of aliphatic hydroxyl groups excluding tert-OH is 1. The molecule has 2 atom stereocenters. The summed E-state index contributed by atoms with van der Waals surface area (Å²) in [6.07, 6.45) is 0.493. The number of hydrogen-bond acceptors (Lipinski definition) is 6. The maximum atomic E-state index is 13.0. The predicted octanol–water partition coefficient (Wildman–Crippen LogP) is 3.37. The second kappa shape index (κ2) is 11.7. The zero-order valence-corrected chi connectivity index (χ0v) is 22.6. The molecule has 0 aliphatic heterocycles. The highest BCUT2D eigenvalue weighted by atomic mass is 32.2. The summed E-state index contributed by atoms with van der Waals surface area (Å²) >= 11 is 0. The highest BCUT2D eigenvalue weighted by molar-refractivity contribution is 7.92. The predicted molar refractivity (Wildman–Crippen MR) is 145 cm³/mol. The zero-order chi connectivity index (χ0) is 28.2. The molecule has 0 radical (unpaired) electrons. The van der Waals surface area contributed by atoms with Gasteiger partial charge in [0.1, 0.15) is 5.75 Å². The van der Waals surface area contributed by atoms with Gasteiger partial charge in [-0.05, 0) is 56.5 Å². The van der Waals surface area contributed by atoms with Gasteiger partial charge >= 0.3 is 6.09 Å². The van der Waals surface area contributed by atoms with Crippen molar-refractivity contribution in [2.75, 3.05) is 30.6 Å². The lowest BCUT2D eigenvalue weighted by molar-refractivity contribution is 0.0774. The van der Waals surface area contributed by atoms with E-state index in [0.717, 1.165) is 22.1 Å². The third kappa shape index (κ3) is 6.56. The van der Waals surface area contributed by atoms with E-state index in [2.05, 4.69) is 9.71 Å². The first-order valence-electron chi connectivity index (χ1n) is 12.2. The van der Waals surface area contributed by atoms with Crippen LogP contribution in [-0.2, 0) is 16.4 Å².